The second-order valence-corrected chi connectivity index (χ2v) is 7.38. The molecule has 148 valence electrons. The fourth-order valence-corrected chi connectivity index (χ4v) is 3.81. The minimum absolute atomic E-state index is 0.00263. The first-order chi connectivity index (χ1) is 14.1. The molecule has 1 fully saturated rings. The molecule has 0 bridgehead atoms. The summed E-state index contributed by atoms with van der Waals surface area (Å²) in [7, 11) is 0. The number of nitrogens with zero attached hydrogens (tertiary/aromatic N) is 3. The Morgan fingerprint density at radius 3 is 2.79 bits per heavy atom. The third kappa shape index (κ3) is 4.43. The summed E-state index contributed by atoms with van der Waals surface area (Å²) >= 11 is 0. The molecule has 0 spiro atoms. The van der Waals surface area contributed by atoms with Crippen LogP contribution in [0.2, 0.25) is 0 Å². The molecule has 1 N–H and O–H groups in total. The highest BCUT2D eigenvalue weighted by molar-refractivity contribution is 5.95. The van der Waals surface area contributed by atoms with E-state index in [1.165, 1.54) is 0 Å². The minimum Gasteiger partial charge on any atom is -0.325 e. The van der Waals surface area contributed by atoms with Crippen LogP contribution in [0.15, 0.2) is 67.0 Å². The number of hydrogen-bond donors (Lipinski definition) is 1. The average Bonchev–Trinajstić information content (AvgIpc) is 3.40. The largest absolute Gasteiger partial charge is 0.325 e. The zero-order chi connectivity index (χ0) is 20.2. The third-order valence-electron chi connectivity index (χ3n) is 5.27. The molecule has 29 heavy (non-hydrogen) atoms. The molecule has 0 radical (unpaired) electrons. The number of anilines is 1. The Labute approximate surface area is 170 Å². The van der Waals surface area contributed by atoms with E-state index in [0.717, 1.165) is 36.3 Å². The number of benzene rings is 2. The van der Waals surface area contributed by atoms with Crippen molar-refractivity contribution in [1.82, 2.24) is 14.7 Å². The summed E-state index contributed by atoms with van der Waals surface area (Å²) in [5, 5.41) is 7.29. The number of ketones is 1. The van der Waals surface area contributed by atoms with Gasteiger partial charge in [0.1, 0.15) is 0 Å². The van der Waals surface area contributed by atoms with E-state index in [4.69, 9.17) is 0 Å². The smallest absolute Gasteiger partial charge is 0.241 e. The van der Waals surface area contributed by atoms with Crippen molar-refractivity contribution in [3.63, 3.8) is 0 Å². The molecule has 6 heteroatoms. The van der Waals surface area contributed by atoms with Crippen LogP contribution in [0.25, 0.3) is 5.69 Å². The number of nitrogens with one attached hydrogen (secondary N) is 1. The highest BCUT2D eigenvalue weighted by Crippen LogP contribution is 2.23. The van der Waals surface area contributed by atoms with Crippen molar-refractivity contribution in [2.75, 3.05) is 11.9 Å². The van der Waals surface area contributed by atoms with E-state index >= 15 is 0 Å². The number of Topliss-reactive ketones (excluding diaryl/α,β-unsaturated/α-hetero) is 1. The molecule has 6 nitrogen and oxygen atoms in total. The highest BCUT2D eigenvalue weighted by atomic mass is 16.2. The predicted molar refractivity (Wildman–Crippen MR) is 112 cm³/mol. The van der Waals surface area contributed by atoms with Crippen LogP contribution < -0.4 is 5.32 Å². The maximum atomic E-state index is 13.0. The maximum Gasteiger partial charge on any atom is 0.241 e. The van der Waals surface area contributed by atoms with Gasteiger partial charge in [0, 0.05) is 30.2 Å². The van der Waals surface area contributed by atoms with E-state index in [2.05, 4.69) is 15.3 Å². The molecule has 0 aliphatic carbocycles. The van der Waals surface area contributed by atoms with Crippen molar-refractivity contribution in [3.05, 3.63) is 78.1 Å². The Bertz CT molecular complexity index is 1010. The molecule has 1 aliphatic rings. The van der Waals surface area contributed by atoms with Gasteiger partial charge >= 0.3 is 0 Å². The minimum atomic E-state index is -0.177. The van der Waals surface area contributed by atoms with Gasteiger partial charge in [0.25, 0.3) is 0 Å². The lowest BCUT2D eigenvalue weighted by Gasteiger charge is -2.24. The summed E-state index contributed by atoms with van der Waals surface area (Å²) < 4.78 is 1.76. The monoisotopic (exact) mass is 388 g/mol. The van der Waals surface area contributed by atoms with Gasteiger partial charge in [-0.15, -0.1) is 0 Å². The van der Waals surface area contributed by atoms with Gasteiger partial charge in [-0.25, -0.2) is 4.68 Å². The van der Waals surface area contributed by atoms with Gasteiger partial charge in [-0.1, -0.05) is 24.3 Å². The van der Waals surface area contributed by atoms with Crippen molar-refractivity contribution >= 4 is 17.4 Å². The molecule has 1 aromatic heterocycles. The first-order valence-electron chi connectivity index (χ1n) is 9.85. The fraction of sp³-hybridized carbons (Fsp3) is 0.261. The normalized spacial score (nSPS) is 16.7. The Morgan fingerprint density at radius 2 is 2.00 bits per heavy atom. The molecular weight excluding hydrogens is 364 g/mol. The number of carbonyl (C=O) groups is 2. The standard InChI is InChI=1S/C23H24N4O2/c1-17(28)19-7-2-6-18(14-19)16-26-12-4-10-22(26)23(29)25-20-8-3-9-21(15-20)27-13-5-11-24-27/h2-3,5-9,11,13-15,22H,4,10,12,16H2,1H3,(H,25,29)/t22-/m0/s1. The number of carbonyl (C=O) groups excluding carboxylic acids is 2. The van der Waals surface area contributed by atoms with E-state index in [1.807, 2.05) is 60.8 Å². The summed E-state index contributed by atoms with van der Waals surface area (Å²) in [4.78, 5) is 26.8. The molecule has 0 saturated carbocycles. The lowest BCUT2D eigenvalue weighted by Crippen LogP contribution is -2.39. The number of likely N-dealkylation sites (tertiary alicyclic amines) is 1. The number of rotatable bonds is 6. The second-order valence-electron chi connectivity index (χ2n) is 7.38. The van der Waals surface area contributed by atoms with Gasteiger partial charge in [0.15, 0.2) is 5.78 Å². The fourth-order valence-electron chi connectivity index (χ4n) is 3.81. The molecule has 1 saturated heterocycles. The Kier molecular flexibility index (Phi) is 5.53. The molecule has 3 aromatic rings. The van der Waals surface area contributed by atoms with Crippen LogP contribution in [0.4, 0.5) is 5.69 Å². The van der Waals surface area contributed by atoms with Crippen molar-refractivity contribution in [1.29, 1.82) is 0 Å². The highest BCUT2D eigenvalue weighted by Gasteiger charge is 2.30. The topological polar surface area (TPSA) is 67.2 Å². The summed E-state index contributed by atoms with van der Waals surface area (Å²) in [6.45, 7) is 3.10. The first kappa shape index (κ1) is 19.1. The van der Waals surface area contributed by atoms with Crippen LogP contribution in [-0.4, -0.2) is 39.0 Å². The van der Waals surface area contributed by atoms with Crippen molar-refractivity contribution < 1.29 is 9.59 Å². The summed E-state index contributed by atoms with van der Waals surface area (Å²) in [5.74, 6) is 0.0578. The molecule has 0 unspecified atom stereocenters. The number of aromatic nitrogens is 2. The van der Waals surface area contributed by atoms with E-state index in [9.17, 15) is 9.59 Å². The van der Waals surface area contributed by atoms with Gasteiger partial charge in [-0.2, -0.15) is 5.10 Å². The number of amides is 1. The average molecular weight is 388 g/mol. The van der Waals surface area contributed by atoms with E-state index in [-0.39, 0.29) is 17.7 Å². The zero-order valence-corrected chi connectivity index (χ0v) is 16.4. The van der Waals surface area contributed by atoms with Gasteiger partial charge in [0.05, 0.1) is 11.7 Å². The third-order valence-corrected chi connectivity index (χ3v) is 5.27. The van der Waals surface area contributed by atoms with Crippen molar-refractivity contribution in [3.8, 4) is 5.69 Å². The second kappa shape index (κ2) is 8.41. The van der Waals surface area contributed by atoms with Crippen LogP contribution in [0.1, 0.15) is 35.7 Å². The van der Waals surface area contributed by atoms with Crippen LogP contribution in [-0.2, 0) is 11.3 Å². The molecule has 2 heterocycles. The van der Waals surface area contributed by atoms with Crippen molar-refractivity contribution in [2.24, 2.45) is 0 Å². The van der Waals surface area contributed by atoms with Crippen LogP contribution in [0.3, 0.4) is 0 Å². The molecule has 1 amide bonds. The van der Waals surface area contributed by atoms with E-state index in [1.54, 1.807) is 17.8 Å². The number of hydrogen-bond acceptors (Lipinski definition) is 4. The SMILES string of the molecule is CC(=O)c1cccc(CN2CCC[C@H]2C(=O)Nc2cccc(-n3cccn3)c2)c1. The quantitative estimate of drug-likeness (QED) is 0.654. The Morgan fingerprint density at radius 1 is 1.14 bits per heavy atom. The molecule has 2 aromatic carbocycles. The Hall–Kier alpha value is -3.25. The molecular formula is C23H24N4O2. The maximum absolute atomic E-state index is 13.0. The summed E-state index contributed by atoms with van der Waals surface area (Å²) in [6.07, 6.45) is 5.41. The van der Waals surface area contributed by atoms with E-state index in [0.29, 0.717) is 12.1 Å². The van der Waals surface area contributed by atoms with Crippen LogP contribution >= 0.6 is 0 Å². The van der Waals surface area contributed by atoms with Gasteiger partial charge < -0.3 is 5.32 Å². The summed E-state index contributed by atoms with van der Waals surface area (Å²) in [6, 6.07) is 17.0. The zero-order valence-electron chi connectivity index (χ0n) is 16.4. The van der Waals surface area contributed by atoms with Crippen LogP contribution in [0, 0.1) is 0 Å². The molecule has 1 aliphatic heterocycles. The lowest BCUT2D eigenvalue weighted by atomic mass is 10.1. The Balaban J connectivity index is 1.45. The van der Waals surface area contributed by atoms with Crippen LogP contribution in [0.5, 0.6) is 0 Å². The lowest BCUT2D eigenvalue weighted by molar-refractivity contribution is -0.120. The first-order valence-corrected chi connectivity index (χ1v) is 9.85. The van der Waals surface area contributed by atoms with Gasteiger partial charge in [-0.05, 0) is 62.2 Å². The van der Waals surface area contributed by atoms with Gasteiger partial charge in [-0.3, -0.25) is 14.5 Å². The van der Waals surface area contributed by atoms with Gasteiger partial charge in [0.2, 0.25) is 5.91 Å². The van der Waals surface area contributed by atoms with Crippen molar-refractivity contribution in [2.45, 2.75) is 32.4 Å². The summed E-state index contributed by atoms with van der Waals surface area (Å²) in [5.41, 5.74) is 3.42. The molecule has 4 rings (SSSR count). The predicted octanol–water partition coefficient (Wildman–Crippen LogP) is 3.68. The van der Waals surface area contributed by atoms with E-state index < -0.39 is 0 Å². The molecule has 1 atom stereocenters.